The molecule has 1 aromatic heterocycles. The van der Waals surface area contributed by atoms with Crippen LogP contribution >= 0.6 is 27.5 Å². The van der Waals surface area contributed by atoms with Gasteiger partial charge in [0, 0.05) is 10.5 Å². The number of hydrogen-bond acceptors (Lipinski definition) is 1. The van der Waals surface area contributed by atoms with Crippen molar-refractivity contribution in [3.8, 4) is 0 Å². The molecule has 0 radical (unpaired) electrons. The number of benzene rings is 1. The maximum atomic E-state index is 13.9. The van der Waals surface area contributed by atoms with E-state index in [1.54, 1.807) is 12.4 Å². The van der Waals surface area contributed by atoms with E-state index in [2.05, 4.69) is 20.9 Å². The number of nitrogens with zero attached hydrogens (tertiary/aromatic N) is 2. The van der Waals surface area contributed by atoms with Gasteiger partial charge in [-0.1, -0.05) is 11.6 Å². The molecule has 78 valence electrons. The van der Waals surface area contributed by atoms with Gasteiger partial charge in [0.1, 0.15) is 5.52 Å². The minimum absolute atomic E-state index is 0.130. The van der Waals surface area contributed by atoms with Gasteiger partial charge in [0.05, 0.1) is 16.9 Å². The third-order valence-electron chi connectivity index (χ3n) is 2.64. The van der Waals surface area contributed by atoms with E-state index in [1.165, 1.54) is 0 Å². The molecule has 1 heterocycles. The quantitative estimate of drug-likeness (QED) is 0.727. The molecular weight excluding hydrogens is 282 g/mol. The lowest BCUT2D eigenvalue weighted by atomic mass is 10.3. The van der Waals surface area contributed by atoms with Gasteiger partial charge >= 0.3 is 0 Å². The first-order valence-corrected chi connectivity index (χ1v) is 5.85. The molecule has 15 heavy (non-hydrogen) atoms. The van der Waals surface area contributed by atoms with Crippen LogP contribution in [0.1, 0.15) is 18.9 Å². The second-order valence-electron chi connectivity index (χ2n) is 3.74. The number of rotatable bonds is 1. The maximum absolute atomic E-state index is 13.9. The predicted octanol–water partition coefficient (Wildman–Crippen LogP) is 3.93. The summed E-state index contributed by atoms with van der Waals surface area (Å²) in [6.45, 7) is 0. The number of hydrogen-bond donors (Lipinski definition) is 0. The summed E-state index contributed by atoms with van der Waals surface area (Å²) in [5.41, 5.74) is 1.17. The third-order valence-corrected chi connectivity index (χ3v) is 3.86. The fourth-order valence-electron chi connectivity index (χ4n) is 1.73. The number of imidazole rings is 1. The van der Waals surface area contributed by atoms with E-state index in [0.717, 1.165) is 12.8 Å². The molecule has 2 aromatic rings. The first kappa shape index (κ1) is 9.60. The summed E-state index contributed by atoms with van der Waals surface area (Å²) in [4.78, 5) is 4.18. The zero-order valence-corrected chi connectivity index (χ0v) is 10.0. The highest BCUT2D eigenvalue weighted by molar-refractivity contribution is 9.10. The Bertz CT molecular complexity index is 548. The van der Waals surface area contributed by atoms with Crippen LogP contribution in [0.15, 0.2) is 16.9 Å². The van der Waals surface area contributed by atoms with Crippen molar-refractivity contribution >= 4 is 38.6 Å². The molecule has 2 nitrogen and oxygen atoms in total. The van der Waals surface area contributed by atoms with E-state index in [4.69, 9.17) is 11.6 Å². The smallest absolute Gasteiger partial charge is 0.168 e. The molecule has 5 heteroatoms. The highest BCUT2D eigenvalue weighted by Gasteiger charge is 2.27. The Kier molecular flexibility index (Phi) is 2.04. The Morgan fingerprint density at radius 3 is 2.93 bits per heavy atom. The Labute approximate surface area is 99.2 Å². The first-order valence-electron chi connectivity index (χ1n) is 4.68. The van der Waals surface area contributed by atoms with Gasteiger partial charge in [-0.2, -0.15) is 0 Å². The van der Waals surface area contributed by atoms with Crippen LogP contribution in [0.2, 0.25) is 5.02 Å². The molecule has 1 aromatic carbocycles. The second-order valence-corrected chi connectivity index (χ2v) is 4.97. The van der Waals surface area contributed by atoms with Gasteiger partial charge < -0.3 is 4.57 Å². The minimum Gasteiger partial charge on any atom is -0.325 e. The molecule has 1 aliphatic rings. The maximum Gasteiger partial charge on any atom is 0.168 e. The normalized spacial score (nSPS) is 16.2. The molecule has 0 aliphatic heterocycles. The van der Waals surface area contributed by atoms with Crippen molar-refractivity contribution in [2.24, 2.45) is 0 Å². The highest BCUT2D eigenvalue weighted by Crippen LogP contribution is 2.40. The monoisotopic (exact) mass is 288 g/mol. The van der Waals surface area contributed by atoms with Gasteiger partial charge in [-0.3, -0.25) is 0 Å². The molecule has 0 bridgehead atoms. The third kappa shape index (κ3) is 1.39. The summed E-state index contributed by atoms with van der Waals surface area (Å²) >= 11 is 9.06. The first-order chi connectivity index (χ1) is 7.18. The Balaban J connectivity index is 2.37. The van der Waals surface area contributed by atoms with Gasteiger partial charge in [0.25, 0.3) is 0 Å². The lowest BCUT2D eigenvalue weighted by Gasteiger charge is -2.04. The van der Waals surface area contributed by atoms with Gasteiger partial charge in [-0.15, -0.1) is 0 Å². The predicted molar refractivity (Wildman–Crippen MR) is 60.7 cm³/mol. The van der Waals surface area contributed by atoms with Gasteiger partial charge in [0.2, 0.25) is 0 Å². The lowest BCUT2D eigenvalue weighted by molar-refractivity contribution is 0.624. The van der Waals surface area contributed by atoms with Crippen molar-refractivity contribution in [3.05, 3.63) is 27.7 Å². The topological polar surface area (TPSA) is 17.8 Å². The van der Waals surface area contributed by atoms with Crippen LogP contribution in [0.5, 0.6) is 0 Å². The van der Waals surface area contributed by atoms with Gasteiger partial charge in [-0.25, -0.2) is 9.37 Å². The molecule has 0 spiro atoms. The van der Waals surface area contributed by atoms with E-state index < -0.39 is 0 Å². The molecule has 0 unspecified atom stereocenters. The van der Waals surface area contributed by atoms with Gasteiger partial charge in [-0.05, 0) is 34.8 Å². The molecule has 3 rings (SSSR count). The molecule has 0 amide bonds. The fraction of sp³-hybridized carbons (Fsp3) is 0.300. The Hall–Kier alpha value is -0.610. The summed E-state index contributed by atoms with van der Waals surface area (Å²) in [5, 5.41) is 0.130. The van der Waals surface area contributed by atoms with Crippen LogP contribution in [0.4, 0.5) is 4.39 Å². The van der Waals surface area contributed by atoms with E-state index in [-0.39, 0.29) is 10.8 Å². The van der Waals surface area contributed by atoms with E-state index >= 15 is 0 Å². The summed E-state index contributed by atoms with van der Waals surface area (Å²) < 4.78 is 16.3. The van der Waals surface area contributed by atoms with Crippen LogP contribution < -0.4 is 0 Å². The molecule has 1 fully saturated rings. The highest BCUT2D eigenvalue weighted by atomic mass is 79.9. The molecule has 1 saturated carbocycles. The minimum atomic E-state index is -0.384. The number of halogens is 3. The zero-order chi connectivity index (χ0) is 10.6. The van der Waals surface area contributed by atoms with Crippen molar-refractivity contribution in [2.75, 3.05) is 0 Å². The Morgan fingerprint density at radius 2 is 2.27 bits per heavy atom. The largest absolute Gasteiger partial charge is 0.325 e. The van der Waals surface area contributed by atoms with Crippen LogP contribution in [-0.2, 0) is 0 Å². The van der Waals surface area contributed by atoms with Crippen molar-refractivity contribution in [1.82, 2.24) is 9.55 Å². The number of fused-ring (bicyclic) bond motifs is 1. The van der Waals surface area contributed by atoms with E-state index in [0.29, 0.717) is 21.5 Å². The summed E-state index contributed by atoms with van der Waals surface area (Å²) in [6.07, 6.45) is 3.88. The van der Waals surface area contributed by atoms with Crippen molar-refractivity contribution < 1.29 is 4.39 Å². The molecule has 0 N–H and O–H groups in total. The van der Waals surface area contributed by atoms with Crippen molar-refractivity contribution in [1.29, 1.82) is 0 Å². The zero-order valence-electron chi connectivity index (χ0n) is 7.67. The second kappa shape index (κ2) is 3.19. The average molecular weight is 290 g/mol. The average Bonchev–Trinajstić information content (AvgIpc) is 2.97. The summed E-state index contributed by atoms with van der Waals surface area (Å²) in [6, 6.07) is 2.15. The molecule has 1 aliphatic carbocycles. The van der Waals surface area contributed by atoms with Crippen LogP contribution in [-0.4, -0.2) is 9.55 Å². The van der Waals surface area contributed by atoms with Crippen molar-refractivity contribution in [3.63, 3.8) is 0 Å². The van der Waals surface area contributed by atoms with Crippen LogP contribution in [0, 0.1) is 5.82 Å². The fourth-order valence-corrected chi connectivity index (χ4v) is 2.26. The SMILES string of the molecule is Fc1c(Cl)c(Br)cc2ncn(C3CC3)c12. The molecule has 0 saturated heterocycles. The number of aromatic nitrogens is 2. The standard InChI is InChI=1S/C10H7BrClFN2/c11-6-3-7-10(9(13)8(6)12)15(4-14-7)5-1-2-5/h3-5H,1-2H2. The van der Waals surface area contributed by atoms with Crippen LogP contribution in [0.25, 0.3) is 11.0 Å². The molecular formula is C10H7BrClFN2. The molecule has 0 atom stereocenters. The van der Waals surface area contributed by atoms with Gasteiger partial charge in [0.15, 0.2) is 5.82 Å². The summed E-state index contributed by atoms with van der Waals surface area (Å²) in [5.74, 6) is -0.384. The van der Waals surface area contributed by atoms with E-state index in [9.17, 15) is 4.39 Å². The lowest BCUT2D eigenvalue weighted by Crippen LogP contribution is -1.94. The van der Waals surface area contributed by atoms with Crippen LogP contribution in [0.3, 0.4) is 0 Å². The Morgan fingerprint density at radius 1 is 1.53 bits per heavy atom. The van der Waals surface area contributed by atoms with Crippen molar-refractivity contribution in [2.45, 2.75) is 18.9 Å². The summed E-state index contributed by atoms with van der Waals surface area (Å²) in [7, 11) is 0. The van der Waals surface area contributed by atoms with E-state index in [1.807, 2.05) is 4.57 Å².